The Hall–Kier alpha value is -2.77. The number of nitrogens with zero attached hydrogens (tertiary/aromatic N) is 2. The highest BCUT2D eigenvalue weighted by molar-refractivity contribution is 6.33. The Kier molecular flexibility index (Phi) is 6.63. The summed E-state index contributed by atoms with van der Waals surface area (Å²) >= 11 is 6.39. The van der Waals surface area contributed by atoms with Gasteiger partial charge in [0, 0.05) is 30.4 Å². The van der Waals surface area contributed by atoms with Crippen molar-refractivity contribution in [2.45, 2.75) is 44.4 Å². The second kappa shape index (κ2) is 9.58. The molecular formula is C23H23ClF2N4O. The first-order valence-electron chi connectivity index (χ1n) is 10.2. The van der Waals surface area contributed by atoms with Crippen LogP contribution in [-0.2, 0) is 6.54 Å². The van der Waals surface area contributed by atoms with Gasteiger partial charge in [0.05, 0.1) is 16.8 Å². The van der Waals surface area contributed by atoms with Gasteiger partial charge in [-0.05, 0) is 61.6 Å². The molecule has 1 saturated carbocycles. The molecule has 0 aliphatic heterocycles. The summed E-state index contributed by atoms with van der Waals surface area (Å²) in [6.45, 7) is 0.232. The Balaban J connectivity index is 1.48. The first kappa shape index (κ1) is 21.5. The summed E-state index contributed by atoms with van der Waals surface area (Å²) in [6, 6.07) is 11.0. The van der Waals surface area contributed by atoms with Crippen molar-refractivity contribution in [3.8, 4) is 11.3 Å². The molecule has 0 bridgehead atoms. The van der Waals surface area contributed by atoms with Gasteiger partial charge in [0.15, 0.2) is 0 Å². The molecule has 1 aliphatic rings. The van der Waals surface area contributed by atoms with Crippen molar-refractivity contribution in [2.75, 3.05) is 10.6 Å². The number of aliphatic hydroxyl groups is 1. The fraction of sp³-hybridized carbons (Fsp3) is 0.304. The zero-order valence-corrected chi connectivity index (χ0v) is 17.5. The van der Waals surface area contributed by atoms with Crippen LogP contribution >= 0.6 is 11.6 Å². The molecule has 8 heteroatoms. The largest absolute Gasteiger partial charge is 0.393 e. The molecule has 3 aromatic rings. The summed E-state index contributed by atoms with van der Waals surface area (Å²) in [6.07, 6.45) is 4.72. The maximum Gasteiger partial charge on any atom is 0.126 e. The molecule has 0 spiro atoms. The summed E-state index contributed by atoms with van der Waals surface area (Å²) in [5.41, 5.74) is 1.87. The fourth-order valence-corrected chi connectivity index (χ4v) is 3.93. The van der Waals surface area contributed by atoms with Gasteiger partial charge < -0.3 is 15.7 Å². The maximum absolute atomic E-state index is 13.4. The lowest BCUT2D eigenvalue weighted by Gasteiger charge is -2.26. The lowest BCUT2D eigenvalue weighted by molar-refractivity contribution is 0.126. The molecule has 1 fully saturated rings. The average molecular weight is 445 g/mol. The molecular weight excluding hydrogens is 422 g/mol. The third-order valence-corrected chi connectivity index (χ3v) is 5.63. The summed E-state index contributed by atoms with van der Waals surface area (Å²) in [7, 11) is 0. The van der Waals surface area contributed by atoms with Crippen LogP contribution in [-0.4, -0.2) is 27.2 Å². The highest BCUT2D eigenvalue weighted by Crippen LogP contribution is 2.30. The summed E-state index contributed by atoms with van der Waals surface area (Å²) in [4.78, 5) is 8.96. The minimum Gasteiger partial charge on any atom is -0.393 e. The van der Waals surface area contributed by atoms with Crippen molar-refractivity contribution in [1.29, 1.82) is 0 Å². The lowest BCUT2D eigenvalue weighted by atomic mass is 9.93. The molecule has 0 unspecified atom stereocenters. The van der Waals surface area contributed by atoms with Crippen molar-refractivity contribution < 1.29 is 13.9 Å². The number of rotatable bonds is 6. The molecule has 0 amide bonds. The smallest absolute Gasteiger partial charge is 0.126 e. The third kappa shape index (κ3) is 5.68. The van der Waals surface area contributed by atoms with E-state index in [9.17, 15) is 13.9 Å². The van der Waals surface area contributed by atoms with Crippen LogP contribution in [0, 0.1) is 11.6 Å². The maximum atomic E-state index is 13.4. The highest BCUT2D eigenvalue weighted by atomic mass is 35.5. The summed E-state index contributed by atoms with van der Waals surface area (Å²) in [5.74, 6) is 0.0335. The van der Waals surface area contributed by atoms with Gasteiger partial charge in [-0.2, -0.15) is 0 Å². The molecule has 31 heavy (non-hydrogen) atoms. The van der Waals surface area contributed by atoms with E-state index in [1.807, 2.05) is 18.2 Å². The molecule has 162 valence electrons. The Morgan fingerprint density at radius 1 is 1.00 bits per heavy atom. The molecule has 0 radical (unpaired) electrons. The van der Waals surface area contributed by atoms with E-state index in [2.05, 4.69) is 20.6 Å². The van der Waals surface area contributed by atoms with E-state index in [1.54, 1.807) is 12.3 Å². The van der Waals surface area contributed by atoms with Gasteiger partial charge in [0.25, 0.3) is 0 Å². The molecule has 2 heterocycles. The van der Waals surface area contributed by atoms with Gasteiger partial charge in [0.2, 0.25) is 0 Å². The predicted octanol–water partition coefficient (Wildman–Crippen LogP) is 5.40. The lowest BCUT2D eigenvalue weighted by Crippen LogP contribution is -2.28. The monoisotopic (exact) mass is 444 g/mol. The summed E-state index contributed by atoms with van der Waals surface area (Å²) in [5, 5.41) is 16.7. The number of anilines is 2. The van der Waals surface area contributed by atoms with Gasteiger partial charge in [0.1, 0.15) is 23.3 Å². The number of halogens is 3. The number of nitrogens with one attached hydrogen (secondary N) is 2. The van der Waals surface area contributed by atoms with E-state index in [-0.39, 0.29) is 18.7 Å². The first-order chi connectivity index (χ1) is 15.0. The normalized spacial score (nSPS) is 18.6. The van der Waals surface area contributed by atoms with Crippen LogP contribution in [0.2, 0.25) is 5.02 Å². The molecule has 0 saturated heterocycles. The van der Waals surface area contributed by atoms with E-state index < -0.39 is 11.6 Å². The van der Waals surface area contributed by atoms with Gasteiger partial charge in [-0.25, -0.2) is 18.7 Å². The van der Waals surface area contributed by atoms with Crippen LogP contribution in [0.5, 0.6) is 0 Å². The molecule has 1 aliphatic carbocycles. The molecule has 1 aromatic carbocycles. The Morgan fingerprint density at radius 2 is 1.74 bits per heavy atom. The number of aliphatic hydroxyl groups excluding tert-OH is 1. The number of hydrogen-bond donors (Lipinski definition) is 3. The number of aromatic nitrogens is 2. The number of hydrogen-bond acceptors (Lipinski definition) is 5. The van der Waals surface area contributed by atoms with Crippen LogP contribution in [0.3, 0.4) is 0 Å². The zero-order valence-electron chi connectivity index (χ0n) is 16.8. The Morgan fingerprint density at radius 3 is 2.48 bits per heavy atom. The molecule has 5 nitrogen and oxygen atoms in total. The van der Waals surface area contributed by atoms with Crippen molar-refractivity contribution in [3.05, 3.63) is 70.9 Å². The molecule has 3 N–H and O–H groups in total. The van der Waals surface area contributed by atoms with Crippen molar-refractivity contribution in [3.63, 3.8) is 0 Å². The average Bonchev–Trinajstić information content (AvgIpc) is 2.75. The molecule has 2 aromatic heterocycles. The van der Waals surface area contributed by atoms with Crippen LogP contribution in [0.15, 0.2) is 48.7 Å². The quantitative estimate of drug-likeness (QED) is 0.474. The molecule has 4 rings (SSSR count). The van der Waals surface area contributed by atoms with Crippen LogP contribution < -0.4 is 10.6 Å². The highest BCUT2D eigenvalue weighted by Gasteiger charge is 2.20. The SMILES string of the molecule is O[C@H]1CC[C@H](Nc2cc(-c3cccc(NCc4cc(F)cc(F)c4)n3)c(Cl)cn2)CC1. The van der Waals surface area contributed by atoms with Crippen LogP contribution in [0.4, 0.5) is 20.4 Å². The minimum atomic E-state index is -0.616. The van der Waals surface area contributed by atoms with Gasteiger partial charge in [-0.1, -0.05) is 17.7 Å². The van der Waals surface area contributed by atoms with E-state index in [0.717, 1.165) is 37.3 Å². The van der Waals surface area contributed by atoms with Gasteiger partial charge >= 0.3 is 0 Å². The van der Waals surface area contributed by atoms with Gasteiger partial charge in [-0.15, -0.1) is 0 Å². The zero-order chi connectivity index (χ0) is 21.8. The Bertz CT molecular complexity index is 1040. The third-order valence-electron chi connectivity index (χ3n) is 5.33. The fourth-order valence-electron chi connectivity index (χ4n) is 3.73. The van der Waals surface area contributed by atoms with Crippen LogP contribution in [0.1, 0.15) is 31.2 Å². The second-order valence-corrected chi connectivity index (χ2v) is 8.15. The molecule has 0 atom stereocenters. The number of pyridine rings is 2. The van der Waals surface area contributed by atoms with E-state index in [1.165, 1.54) is 12.1 Å². The van der Waals surface area contributed by atoms with Crippen molar-refractivity contribution >= 4 is 23.2 Å². The van der Waals surface area contributed by atoms with Crippen molar-refractivity contribution in [2.24, 2.45) is 0 Å². The minimum absolute atomic E-state index is 0.213. The van der Waals surface area contributed by atoms with Crippen LogP contribution in [0.25, 0.3) is 11.3 Å². The number of benzene rings is 1. The first-order valence-corrected chi connectivity index (χ1v) is 10.6. The Labute approximate surface area is 184 Å². The standard InChI is InChI=1S/C23H23ClF2N4O/c24-20-13-28-23(29-17-4-6-18(31)7-5-17)11-19(20)21-2-1-3-22(30-21)27-12-14-8-15(25)10-16(26)9-14/h1-3,8-11,13,17-18,31H,4-7,12H2,(H,27,30)(H,28,29)/t17-,18-. The summed E-state index contributed by atoms with van der Waals surface area (Å²) < 4.78 is 26.8. The predicted molar refractivity (Wildman–Crippen MR) is 118 cm³/mol. The second-order valence-electron chi connectivity index (χ2n) is 7.74. The van der Waals surface area contributed by atoms with Gasteiger partial charge in [-0.3, -0.25) is 0 Å². The topological polar surface area (TPSA) is 70.1 Å². The van der Waals surface area contributed by atoms with Crippen molar-refractivity contribution in [1.82, 2.24) is 9.97 Å². The van der Waals surface area contributed by atoms with E-state index in [0.29, 0.717) is 27.9 Å². The van der Waals surface area contributed by atoms with E-state index in [4.69, 9.17) is 11.6 Å². The van der Waals surface area contributed by atoms with E-state index >= 15 is 0 Å².